The Bertz CT molecular complexity index is 1480. The molecular formula is C23H21ClF5N5O2S. The quantitative estimate of drug-likeness (QED) is 0.369. The van der Waals surface area contributed by atoms with Crippen LogP contribution in [0.15, 0.2) is 41.6 Å². The number of anilines is 2. The first-order chi connectivity index (χ1) is 17.1. The zero-order chi connectivity index (χ0) is 27.2. The third kappa shape index (κ3) is 6.09. The van der Waals surface area contributed by atoms with Crippen LogP contribution in [0.2, 0.25) is 5.02 Å². The Morgan fingerprint density at radius 2 is 1.92 bits per heavy atom. The molecule has 1 unspecified atom stereocenters. The number of nitrogens with zero attached hydrogens (tertiary/aromatic N) is 3. The third-order valence-electron chi connectivity index (χ3n) is 5.86. The predicted molar refractivity (Wildman–Crippen MR) is 130 cm³/mol. The molecule has 2 N–H and O–H groups in total. The fourth-order valence-corrected chi connectivity index (χ4v) is 4.90. The number of carbonyl (C=O) groups is 1. The number of fused-ring (bicyclic) bond motifs is 1. The maximum absolute atomic E-state index is 14.0. The SMILES string of the molecule is CS(=N)(=O)c1cc(NC(=O)c2cc(N3CCCC(F)(F)CC3)c3cc(C(F)(F)F)c(Cl)cc3n2)ccn1. The van der Waals surface area contributed by atoms with Gasteiger partial charge in [-0.1, -0.05) is 11.6 Å². The van der Waals surface area contributed by atoms with Gasteiger partial charge in [-0.3, -0.25) is 4.79 Å². The van der Waals surface area contributed by atoms with Gasteiger partial charge in [-0.05, 0) is 36.8 Å². The van der Waals surface area contributed by atoms with Crippen LogP contribution in [0.1, 0.15) is 35.3 Å². The van der Waals surface area contributed by atoms with E-state index in [0.29, 0.717) is 0 Å². The molecule has 4 rings (SSSR count). The fourth-order valence-electron chi connectivity index (χ4n) is 4.03. The van der Waals surface area contributed by atoms with Crippen molar-refractivity contribution >= 4 is 49.5 Å². The second-order valence-corrected chi connectivity index (χ2v) is 11.3. The first-order valence-electron chi connectivity index (χ1n) is 11.0. The lowest BCUT2D eigenvalue weighted by Gasteiger charge is -2.25. The highest BCUT2D eigenvalue weighted by atomic mass is 35.5. The summed E-state index contributed by atoms with van der Waals surface area (Å²) in [4.78, 5) is 22.6. The van der Waals surface area contributed by atoms with Crippen molar-refractivity contribution in [2.45, 2.75) is 36.4 Å². The number of hydrogen-bond donors (Lipinski definition) is 2. The summed E-state index contributed by atoms with van der Waals surface area (Å²) in [6.45, 7) is 0.00103. The minimum absolute atomic E-state index is 0.0182. The standard InChI is InChI=1S/C23H21ClF5N5O2S/c1-37(30,36)20-9-13(3-6-31-20)32-21(35)18-12-19(34-7-2-4-22(25,26)5-8-34)14-10-15(23(27,28)29)16(24)11-17(14)33-18/h3,6,9-12,30H,2,4-5,7-8H2,1H3,(H,31,32,35). The second kappa shape index (κ2) is 9.67. The van der Waals surface area contributed by atoms with Crippen LogP contribution in [-0.2, 0) is 15.9 Å². The van der Waals surface area contributed by atoms with E-state index in [9.17, 15) is 31.0 Å². The molecule has 1 amide bonds. The fraction of sp³-hybridized carbons (Fsp3) is 0.348. The number of hydrogen-bond acceptors (Lipinski definition) is 6. The molecule has 0 saturated carbocycles. The van der Waals surface area contributed by atoms with Crippen molar-refractivity contribution in [3.05, 3.63) is 52.8 Å². The Balaban J connectivity index is 1.81. The highest BCUT2D eigenvalue weighted by Crippen LogP contribution is 2.40. The van der Waals surface area contributed by atoms with Crippen molar-refractivity contribution in [2.24, 2.45) is 0 Å². The molecule has 1 atom stereocenters. The summed E-state index contributed by atoms with van der Waals surface area (Å²) in [6.07, 6.45) is -3.10. The maximum atomic E-state index is 14.0. The van der Waals surface area contributed by atoms with Gasteiger partial charge in [0.15, 0.2) is 0 Å². The molecule has 14 heteroatoms. The Kier molecular flexibility index (Phi) is 7.06. The van der Waals surface area contributed by atoms with E-state index in [1.807, 2.05) is 0 Å². The molecule has 1 aromatic carbocycles. The van der Waals surface area contributed by atoms with Gasteiger partial charge in [-0.15, -0.1) is 0 Å². The predicted octanol–water partition coefficient (Wildman–Crippen LogP) is 6.22. The molecule has 1 fully saturated rings. The topological polar surface area (TPSA) is 99.0 Å². The average Bonchev–Trinajstić information content (AvgIpc) is 2.97. The van der Waals surface area contributed by atoms with E-state index < -0.39 is 44.7 Å². The molecule has 37 heavy (non-hydrogen) atoms. The maximum Gasteiger partial charge on any atom is 0.417 e. The van der Waals surface area contributed by atoms with Crippen molar-refractivity contribution in [3.8, 4) is 0 Å². The number of carbonyl (C=O) groups excluding carboxylic acids is 1. The van der Waals surface area contributed by atoms with Gasteiger partial charge in [-0.2, -0.15) is 13.2 Å². The summed E-state index contributed by atoms with van der Waals surface area (Å²) in [5, 5.41) is 1.88. The van der Waals surface area contributed by atoms with Crippen LogP contribution in [0.4, 0.5) is 33.3 Å². The Labute approximate surface area is 214 Å². The van der Waals surface area contributed by atoms with E-state index in [1.54, 1.807) is 0 Å². The largest absolute Gasteiger partial charge is 0.417 e. The van der Waals surface area contributed by atoms with E-state index in [4.69, 9.17) is 16.4 Å². The Morgan fingerprint density at radius 3 is 2.59 bits per heavy atom. The Hall–Kier alpha value is -3.06. The van der Waals surface area contributed by atoms with Crippen LogP contribution in [0.25, 0.3) is 10.9 Å². The molecule has 0 bridgehead atoms. The van der Waals surface area contributed by atoms with Gasteiger partial charge in [0.2, 0.25) is 5.92 Å². The molecule has 0 radical (unpaired) electrons. The summed E-state index contributed by atoms with van der Waals surface area (Å²) >= 11 is 5.89. The molecule has 0 aliphatic carbocycles. The first kappa shape index (κ1) is 27.0. The second-order valence-electron chi connectivity index (χ2n) is 8.75. The highest BCUT2D eigenvalue weighted by molar-refractivity contribution is 7.91. The molecule has 1 saturated heterocycles. The van der Waals surface area contributed by atoms with Crippen LogP contribution in [0, 0.1) is 4.78 Å². The van der Waals surface area contributed by atoms with E-state index in [1.165, 1.54) is 35.6 Å². The number of benzene rings is 1. The van der Waals surface area contributed by atoms with Gasteiger partial charge < -0.3 is 10.2 Å². The van der Waals surface area contributed by atoms with Crippen LogP contribution in [0.3, 0.4) is 0 Å². The van der Waals surface area contributed by atoms with Crippen molar-refractivity contribution in [1.29, 1.82) is 4.78 Å². The number of aromatic nitrogens is 2. The lowest BCUT2D eigenvalue weighted by Crippen LogP contribution is -2.27. The lowest BCUT2D eigenvalue weighted by molar-refractivity contribution is -0.137. The van der Waals surface area contributed by atoms with E-state index >= 15 is 0 Å². The summed E-state index contributed by atoms with van der Waals surface area (Å²) < 4.78 is 88.3. The molecule has 0 spiro atoms. The van der Waals surface area contributed by atoms with Crippen molar-refractivity contribution in [2.75, 3.05) is 29.6 Å². The van der Waals surface area contributed by atoms with Gasteiger partial charge in [0.05, 0.1) is 25.8 Å². The molecule has 1 aliphatic rings. The number of rotatable bonds is 4. The van der Waals surface area contributed by atoms with Gasteiger partial charge in [0.1, 0.15) is 10.7 Å². The molecule has 3 heterocycles. The van der Waals surface area contributed by atoms with Crippen LogP contribution in [-0.4, -0.2) is 45.4 Å². The van der Waals surface area contributed by atoms with Crippen LogP contribution < -0.4 is 10.2 Å². The van der Waals surface area contributed by atoms with Gasteiger partial charge in [0.25, 0.3) is 5.91 Å². The smallest absolute Gasteiger partial charge is 0.371 e. The summed E-state index contributed by atoms with van der Waals surface area (Å²) in [5.41, 5.74) is -1.01. The number of nitrogens with one attached hydrogen (secondary N) is 2. The summed E-state index contributed by atoms with van der Waals surface area (Å²) in [6, 6.07) is 5.72. The van der Waals surface area contributed by atoms with E-state index in [0.717, 1.165) is 12.1 Å². The summed E-state index contributed by atoms with van der Waals surface area (Å²) in [5.74, 6) is -3.67. The monoisotopic (exact) mass is 561 g/mol. The van der Waals surface area contributed by atoms with E-state index in [2.05, 4.69) is 15.3 Å². The van der Waals surface area contributed by atoms with Crippen LogP contribution in [0.5, 0.6) is 0 Å². The van der Waals surface area contributed by atoms with Crippen LogP contribution >= 0.6 is 11.6 Å². The molecule has 7 nitrogen and oxygen atoms in total. The summed E-state index contributed by atoms with van der Waals surface area (Å²) in [7, 11) is -3.16. The van der Waals surface area contributed by atoms with Gasteiger partial charge >= 0.3 is 6.18 Å². The van der Waals surface area contributed by atoms with Crippen molar-refractivity contribution in [1.82, 2.24) is 9.97 Å². The number of pyridine rings is 2. The van der Waals surface area contributed by atoms with Crippen molar-refractivity contribution < 1.29 is 31.0 Å². The zero-order valence-electron chi connectivity index (χ0n) is 19.3. The Morgan fingerprint density at radius 1 is 1.19 bits per heavy atom. The minimum atomic E-state index is -4.76. The normalized spacial score (nSPS) is 17.8. The van der Waals surface area contributed by atoms with Gasteiger partial charge in [-0.25, -0.2) is 27.7 Å². The lowest BCUT2D eigenvalue weighted by atomic mass is 10.1. The van der Waals surface area contributed by atoms with Crippen molar-refractivity contribution in [3.63, 3.8) is 0 Å². The molecular weight excluding hydrogens is 541 g/mol. The molecule has 3 aromatic rings. The third-order valence-corrected chi connectivity index (χ3v) is 7.20. The zero-order valence-corrected chi connectivity index (χ0v) is 20.9. The number of alkyl halides is 5. The number of amides is 1. The van der Waals surface area contributed by atoms with Gasteiger partial charge in [0, 0.05) is 55.1 Å². The van der Waals surface area contributed by atoms with E-state index in [-0.39, 0.29) is 58.9 Å². The molecule has 2 aromatic heterocycles. The average molecular weight is 562 g/mol. The minimum Gasteiger partial charge on any atom is -0.371 e. The molecule has 1 aliphatic heterocycles. The highest BCUT2D eigenvalue weighted by Gasteiger charge is 2.35. The first-order valence-corrected chi connectivity index (χ1v) is 13.3. The number of halogens is 6. The molecule has 198 valence electrons.